The number of hydrogen-bond acceptors (Lipinski definition) is 3. The number of methoxy groups -OCH3 is 1. The van der Waals surface area contributed by atoms with Gasteiger partial charge in [0.2, 0.25) is 0 Å². The van der Waals surface area contributed by atoms with Crippen LogP contribution < -0.4 is 15.4 Å². The van der Waals surface area contributed by atoms with Gasteiger partial charge in [-0.1, -0.05) is 12.8 Å². The average Bonchev–Trinajstić information content (AvgIpc) is 3.21. The quantitative estimate of drug-likeness (QED) is 0.841. The summed E-state index contributed by atoms with van der Waals surface area (Å²) in [5.41, 5.74) is 7.26. The van der Waals surface area contributed by atoms with Gasteiger partial charge in [-0.05, 0) is 43.5 Å². The monoisotopic (exact) mass is 248 g/mol. The SMILES string of the molecule is COc1ccc(N(C)C(C)(CN)CC2CC2)cc1. The van der Waals surface area contributed by atoms with Crippen LogP contribution in [0.4, 0.5) is 5.69 Å². The Kier molecular flexibility index (Phi) is 3.81. The molecule has 18 heavy (non-hydrogen) atoms. The van der Waals surface area contributed by atoms with Gasteiger partial charge in [-0.25, -0.2) is 0 Å². The van der Waals surface area contributed by atoms with Crippen LogP contribution in [0.1, 0.15) is 26.2 Å². The summed E-state index contributed by atoms with van der Waals surface area (Å²) in [7, 11) is 3.83. The summed E-state index contributed by atoms with van der Waals surface area (Å²) in [6.07, 6.45) is 3.92. The number of rotatable bonds is 6. The lowest BCUT2D eigenvalue weighted by Gasteiger charge is -2.40. The molecule has 2 N–H and O–H groups in total. The minimum absolute atomic E-state index is 0.0513. The molecule has 0 saturated heterocycles. The Labute approximate surface area is 110 Å². The van der Waals surface area contributed by atoms with E-state index in [0.29, 0.717) is 6.54 Å². The Morgan fingerprint density at radius 3 is 2.39 bits per heavy atom. The van der Waals surface area contributed by atoms with Crippen LogP contribution in [0.2, 0.25) is 0 Å². The zero-order valence-electron chi connectivity index (χ0n) is 11.6. The van der Waals surface area contributed by atoms with Gasteiger partial charge < -0.3 is 15.4 Å². The van der Waals surface area contributed by atoms with Crippen LogP contribution in [0, 0.1) is 5.92 Å². The molecule has 0 heterocycles. The van der Waals surface area contributed by atoms with Gasteiger partial charge >= 0.3 is 0 Å². The van der Waals surface area contributed by atoms with Crippen molar-refractivity contribution >= 4 is 5.69 Å². The van der Waals surface area contributed by atoms with E-state index in [2.05, 4.69) is 31.0 Å². The van der Waals surface area contributed by atoms with Gasteiger partial charge in [0.25, 0.3) is 0 Å². The molecule has 0 bridgehead atoms. The number of nitrogens with zero attached hydrogens (tertiary/aromatic N) is 1. The summed E-state index contributed by atoms with van der Waals surface area (Å²) < 4.78 is 5.19. The Morgan fingerprint density at radius 1 is 1.33 bits per heavy atom. The van der Waals surface area contributed by atoms with E-state index in [1.165, 1.54) is 24.9 Å². The average molecular weight is 248 g/mol. The van der Waals surface area contributed by atoms with E-state index in [0.717, 1.165) is 11.7 Å². The predicted molar refractivity (Wildman–Crippen MR) is 76.2 cm³/mol. The molecule has 2 rings (SSSR count). The van der Waals surface area contributed by atoms with Crippen LogP contribution in [-0.2, 0) is 0 Å². The fourth-order valence-corrected chi connectivity index (χ4v) is 2.42. The molecular weight excluding hydrogens is 224 g/mol. The molecule has 0 aromatic heterocycles. The van der Waals surface area contributed by atoms with Crippen LogP contribution >= 0.6 is 0 Å². The molecular formula is C15H24N2O. The molecule has 1 aromatic carbocycles. The fourth-order valence-electron chi connectivity index (χ4n) is 2.42. The minimum Gasteiger partial charge on any atom is -0.497 e. The van der Waals surface area contributed by atoms with Gasteiger partial charge in [-0.2, -0.15) is 0 Å². The van der Waals surface area contributed by atoms with E-state index < -0.39 is 0 Å². The number of nitrogens with two attached hydrogens (primary N) is 1. The number of ether oxygens (including phenoxy) is 1. The van der Waals surface area contributed by atoms with E-state index in [1.807, 2.05) is 12.1 Å². The molecule has 1 saturated carbocycles. The van der Waals surface area contributed by atoms with Gasteiger partial charge in [-0.3, -0.25) is 0 Å². The fraction of sp³-hybridized carbons (Fsp3) is 0.600. The standard InChI is InChI=1S/C15H24N2O/c1-15(11-16,10-12-4-5-12)17(2)13-6-8-14(18-3)9-7-13/h6-9,12H,4-5,10-11,16H2,1-3H3. The highest BCUT2D eigenvalue weighted by molar-refractivity contribution is 5.50. The van der Waals surface area contributed by atoms with Crippen molar-refractivity contribution < 1.29 is 4.74 Å². The molecule has 3 heteroatoms. The molecule has 1 aliphatic carbocycles. The van der Waals surface area contributed by atoms with E-state index in [9.17, 15) is 0 Å². The number of anilines is 1. The van der Waals surface area contributed by atoms with Crippen molar-refractivity contribution in [2.75, 3.05) is 25.6 Å². The van der Waals surface area contributed by atoms with Crippen molar-refractivity contribution in [2.24, 2.45) is 11.7 Å². The third-order valence-electron chi connectivity index (χ3n) is 4.13. The largest absolute Gasteiger partial charge is 0.497 e. The molecule has 1 unspecified atom stereocenters. The molecule has 100 valence electrons. The molecule has 3 nitrogen and oxygen atoms in total. The van der Waals surface area contributed by atoms with E-state index >= 15 is 0 Å². The van der Waals surface area contributed by atoms with Crippen molar-refractivity contribution in [1.29, 1.82) is 0 Å². The molecule has 0 amide bonds. The second-order valence-corrected chi connectivity index (χ2v) is 5.61. The summed E-state index contributed by atoms with van der Waals surface area (Å²) in [6.45, 7) is 2.95. The van der Waals surface area contributed by atoms with Gasteiger partial charge in [0, 0.05) is 24.8 Å². The number of likely N-dealkylation sites (N-methyl/N-ethyl adjacent to an activating group) is 1. The zero-order valence-corrected chi connectivity index (χ0v) is 11.6. The molecule has 0 aliphatic heterocycles. The third kappa shape index (κ3) is 2.78. The lowest BCUT2D eigenvalue weighted by atomic mass is 9.92. The van der Waals surface area contributed by atoms with E-state index in [4.69, 9.17) is 10.5 Å². The first-order valence-corrected chi connectivity index (χ1v) is 6.67. The van der Waals surface area contributed by atoms with Gasteiger partial charge in [0.15, 0.2) is 0 Å². The molecule has 1 atom stereocenters. The van der Waals surface area contributed by atoms with Crippen LogP contribution in [0.5, 0.6) is 5.75 Å². The maximum Gasteiger partial charge on any atom is 0.119 e. The summed E-state index contributed by atoms with van der Waals surface area (Å²) >= 11 is 0. The van der Waals surface area contributed by atoms with Crippen molar-refractivity contribution in [1.82, 2.24) is 0 Å². The summed E-state index contributed by atoms with van der Waals surface area (Å²) in [6, 6.07) is 8.19. The summed E-state index contributed by atoms with van der Waals surface area (Å²) in [4.78, 5) is 2.31. The number of hydrogen-bond donors (Lipinski definition) is 1. The molecule has 1 fully saturated rings. The maximum absolute atomic E-state index is 6.01. The Hall–Kier alpha value is -1.22. The van der Waals surface area contributed by atoms with E-state index in [1.54, 1.807) is 7.11 Å². The van der Waals surface area contributed by atoms with Crippen LogP contribution in [0.15, 0.2) is 24.3 Å². The molecule has 1 aliphatic rings. The van der Waals surface area contributed by atoms with Crippen molar-refractivity contribution in [2.45, 2.75) is 31.7 Å². The Morgan fingerprint density at radius 2 is 1.94 bits per heavy atom. The Bertz CT molecular complexity index is 386. The molecule has 1 aromatic rings. The van der Waals surface area contributed by atoms with Gasteiger partial charge in [-0.15, -0.1) is 0 Å². The predicted octanol–water partition coefficient (Wildman–Crippen LogP) is 2.65. The summed E-state index contributed by atoms with van der Waals surface area (Å²) in [5, 5.41) is 0. The van der Waals surface area contributed by atoms with E-state index in [-0.39, 0.29) is 5.54 Å². The summed E-state index contributed by atoms with van der Waals surface area (Å²) in [5.74, 6) is 1.77. The highest BCUT2D eigenvalue weighted by Gasteiger charge is 2.35. The topological polar surface area (TPSA) is 38.5 Å². The van der Waals surface area contributed by atoms with Crippen LogP contribution in [0.25, 0.3) is 0 Å². The second kappa shape index (κ2) is 5.19. The lowest BCUT2D eigenvalue weighted by Crippen LogP contribution is -2.50. The minimum atomic E-state index is 0.0513. The lowest BCUT2D eigenvalue weighted by molar-refractivity contribution is 0.396. The second-order valence-electron chi connectivity index (χ2n) is 5.61. The van der Waals surface area contributed by atoms with Crippen molar-refractivity contribution in [3.8, 4) is 5.75 Å². The first kappa shape index (κ1) is 13.2. The molecule has 0 spiro atoms. The van der Waals surface area contributed by atoms with Crippen LogP contribution in [-0.4, -0.2) is 26.2 Å². The first-order valence-electron chi connectivity index (χ1n) is 6.67. The highest BCUT2D eigenvalue weighted by atomic mass is 16.5. The Balaban J connectivity index is 2.13. The smallest absolute Gasteiger partial charge is 0.119 e. The molecule has 0 radical (unpaired) electrons. The van der Waals surface area contributed by atoms with Gasteiger partial charge in [0.05, 0.1) is 7.11 Å². The zero-order chi connectivity index (χ0) is 13.2. The van der Waals surface area contributed by atoms with Crippen molar-refractivity contribution in [3.05, 3.63) is 24.3 Å². The maximum atomic E-state index is 6.01. The normalized spacial score (nSPS) is 18.2. The highest BCUT2D eigenvalue weighted by Crippen LogP contribution is 2.39. The van der Waals surface area contributed by atoms with Crippen molar-refractivity contribution in [3.63, 3.8) is 0 Å². The van der Waals surface area contributed by atoms with Crippen LogP contribution in [0.3, 0.4) is 0 Å². The first-order chi connectivity index (χ1) is 8.59. The number of benzene rings is 1. The van der Waals surface area contributed by atoms with Gasteiger partial charge in [0.1, 0.15) is 5.75 Å². The third-order valence-corrected chi connectivity index (χ3v) is 4.13.